The second-order valence-corrected chi connectivity index (χ2v) is 7.45. The highest BCUT2D eigenvalue weighted by Crippen LogP contribution is 2.28. The smallest absolute Gasteiger partial charge is 0.225 e. The monoisotopic (exact) mass is 350 g/mol. The van der Waals surface area contributed by atoms with Gasteiger partial charge in [-0.25, -0.2) is 0 Å². The molecule has 0 saturated heterocycles. The zero-order valence-corrected chi connectivity index (χ0v) is 15.3. The van der Waals surface area contributed by atoms with Crippen LogP contribution in [0.4, 0.5) is 5.69 Å². The summed E-state index contributed by atoms with van der Waals surface area (Å²) in [5.41, 5.74) is 5.02. The second-order valence-electron chi connectivity index (χ2n) is 7.45. The lowest BCUT2D eigenvalue weighted by Gasteiger charge is -2.20. The number of para-hydroxylation sites is 1. The Morgan fingerprint density at radius 1 is 1.15 bits per heavy atom. The van der Waals surface area contributed by atoms with Gasteiger partial charge in [0.25, 0.3) is 0 Å². The van der Waals surface area contributed by atoms with Crippen molar-refractivity contribution in [3.05, 3.63) is 59.2 Å². The summed E-state index contributed by atoms with van der Waals surface area (Å²) >= 11 is 0. The predicted octanol–water partition coefficient (Wildman–Crippen LogP) is 3.44. The topological polar surface area (TPSA) is 41.6 Å². The van der Waals surface area contributed by atoms with E-state index in [2.05, 4.69) is 41.5 Å². The number of ether oxygens (including phenoxy) is 1. The molecular formula is C22H26N2O2. The molecule has 0 bridgehead atoms. The first-order valence-electron chi connectivity index (χ1n) is 9.52. The molecule has 26 heavy (non-hydrogen) atoms. The normalized spacial score (nSPS) is 17.7. The molecule has 2 aromatic rings. The Morgan fingerprint density at radius 2 is 2.00 bits per heavy atom. The van der Waals surface area contributed by atoms with Crippen molar-refractivity contribution >= 4 is 11.6 Å². The largest absolute Gasteiger partial charge is 0.488 e. The van der Waals surface area contributed by atoms with E-state index >= 15 is 0 Å². The third-order valence-electron chi connectivity index (χ3n) is 5.33. The van der Waals surface area contributed by atoms with E-state index in [1.807, 2.05) is 18.2 Å². The zero-order valence-electron chi connectivity index (χ0n) is 15.3. The van der Waals surface area contributed by atoms with Gasteiger partial charge < -0.3 is 15.0 Å². The van der Waals surface area contributed by atoms with Crippen molar-refractivity contribution < 1.29 is 9.53 Å². The summed E-state index contributed by atoms with van der Waals surface area (Å²) in [5, 5.41) is 3.04. The van der Waals surface area contributed by atoms with Gasteiger partial charge in [0.05, 0.1) is 0 Å². The van der Waals surface area contributed by atoms with Gasteiger partial charge in [0.1, 0.15) is 11.9 Å². The number of anilines is 1. The molecule has 2 aromatic carbocycles. The van der Waals surface area contributed by atoms with Crippen molar-refractivity contribution in [2.24, 2.45) is 0 Å². The van der Waals surface area contributed by atoms with Crippen molar-refractivity contribution in [2.75, 3.05) is 25.5 Å². The van der Waals surface area contributed by atoms with Gasteiger partial charge in [-0.3, -0.25) is 4.79 Å². The van der Waals surface area contributed by atoms with Crippen LogP contribution >= 0.6 is 0 Å². The number of benzene rings is 2. The molecule has 1 amide bonds. The Balaban J connectivity index is 1.22. The number of carbonyl (C=O) groups is 1. The SMILES string of the molecule is CN(CCC(=O)Nc1ccc2c(c1)CCC2)C[C@H]1Cc2ccccc2O1. The van der Waals surface area contributed by atoms with E-state index in [1.54, 1.807) is 0 Å². The van der Waals surface area contributed by atoms with Crippen LogP contribution in [-0.4, -0.2) is 37.0 Å². The third kappa shape index (κ3) is 3.91. The van der Waals surface area contributed by atoms with Gasteiger partial charge in [0.15, 0.2) is 0 Å². The number of hydrogen-bond donors (Lipinski definition) is 1. The van der Waals surface area contributed by atoms with Crippen LogP contribution in [0, 0.1) is 0 Å². The first-order valence-corrected chi connectivity index (χ1v) is 9.52. The number of nitrogens with zero attached hydrogens (tertiary/aromatic N) is 1. The molecule has 136 valence electrons. The van der Waals surface area contributed by atoms with Crippen LogP contribution in [0.5, 0.6) is 5.75 Å². The molecule has 4 nitrogen and oxygen atoms in total. The summed E-state index contributed by atoms with van der Waals surface area (Å²) in [6.07, 6.45) is 5.14. The molecule has 1 heterocycles. The molecule has 0 aromatic heterocycles. The van der Waals surface area contributed by atoms with E-state index in [9.17, 15) is 4.79 Å². The summed E-state index contributed by atoms with van der Waals surface area (Å²) in [4.78, 5) is 14.4. The predicted molar refractivity (Wildman–Crippen MR) is 104 cm³/mol. The highest BCUT2D eigenvalue weighted by atomic mass is 16.5. The van der Waals surface area contributed by atoms with Crippen LogP contribution in [-0.2, 0) is 24.1 Å². The minimum atomic E-state index is 0.0745. The van der Waals surface area contributed by atoms with E-state index in [4.69, 9.17) is 4.74 Å². The van der Waals surface area contributed by atoms with Crippen LogP contribution in [0.2, 0.25) is 0 Å². The van der Waals surface area contributed by atoms with Crippen molar-refractivity contribution in [3.63, 3.8) is 0 Å². The van der Waals surface area contributed by atoms with Crippen molar-refractivity contribution in [1.29, 1.82) is 0 Å². The standard InChI is InChI=1S/C22H26N2O2/c1-24(15-20-14-18-5-2-3-8-21(18)26-20)12-11-22(25)23-19-10-9-16-6-4-7-17(16)13-19/h2-3,5,8-10,13,20H,4,6-7,11-12,14-15H2,1H3,(H,23,25)/t20-/m1/s1. The number of fused-ring (bicyclic) bond motifs is 2. The maximum Gasteiger partial charge on any atom is 0.225 e. The van der Waals surface area contributed by atoms with E-state index in [-0.39, 0.29) is 12.0 Å². The lowest BCUT2D eigenvalue weighted by Crippen LogP contribution is -2.34. The molecule has 4 heteroatoms. The maximum absolute atomic E-state index is 12.3. The van der Waals surface area contributed by atoms with Crippen molar-refractivity contribution in [1.82, 2.24) is 4.90 Å². The minimum Gasteiger partial charge on any atom is -0.488 e. The summed E-state index contributed by atoms with van der Waals surface area (Å²) in [6, 6.07) is 14.5. The summed E-state index contributed by atoms with van der Waals surface area (Å²) in [6.45, 7) is 1.56. The minimum absolute atomic E-state index is 0.0745. The number of rotatable bonds is 6. The Labute approximate surface area is 155 Å². The van der Waals surface area contributed by atoms with Crippen LogP contribution in [0.3, 0.4) is 0 Å². The number of amides is 1. The van der Waals surface area contributed by atoms with Crippen LogP contribution < -0.4 is 10.1 Å². The van der Waals surface area contributed by atoms with Gasteiger partial charge in [-0.2, -0.15) is 0 Å². The molecule has 0 unspecified atom stereocenters. The van der Waals surface area contributed by atoms with Gasteiger partial charge >= 0.3 is 0 Å². The molecule has 0 radical (unpaired) electrons. The number of carbonyl (C=O) groups excluding carboxylic acids is 1. The van der Waals surface area contributed by atoms with Crippen molar-refractivity contribution in [2.45, 2.75) is 38.2 Å². The van der Waals surface area contributed by atoms with Gasteiger partial charge in [-0.15, -0.1) is 0 Å². The second kappa shape index (κ2) is 7.50. The first kappa shape index (κ1) is 17.1. The molecular weight excluding hydrogens is 324 g/mol. The molecule has 1 N–H and O–H groups in total. The van der Waals surface area contributed by atoms with Crippen molar-refractivity contribution in [3.8, 4) is 5.75 Å². The van der Waals surface area contributed by atoms with Gasteiger partial charge in [0.2, 0.25) is 5.91 Å². The molecule has 1 atom stereocenters. The van der Waals surface area contributed by atoms with Crippen LogP contribution in [0.1, 0.15) is 29.5 Å². The zero-order chi connectivity index (χ0) is 17.9. The Morgan fingerprint density at radius 3 is 2.88 bits per heavy atom. The molecule has 1 aliphatic carbocycles. The fraction of sp³-hybridized carbons (Fsp3) is 0.409. The van der Waals surface area contributed by atoms with Gasteiger partial charge in [0, 0.05) is 31.6 Å². The maximum atomic E-state index is 12.3. The van der Waals surface area contributed by atoms with E-state index < -0.39 is 0 Å². The van der Waals surface area contributed by atoms with Gasteiger partial charge in [-0.1, -0.05) is 24.3 Å². The number of aryl methyl sites for hydroxylation is 2. The Kier molecular flexibility index (Phi) is 4.93. The third-order valence-corrected chi connectivity index (χ3v) is 5.33. The fourth-order valence-electron chi connectivity index (χ4n) is 3.96. The summed E-state index contributed by atoms with van der Waals surface area (Å²) < 4.78 is 5.98. The Bertz CT molecular complexity index is 777. The molecule has 0 spiro atoms. The lowest BCUT2D eigenvalue weighted by molar-refractivity contribution is -0.116. The van der Waals surface area contributed by atoms with E-state index in [1.165, 1.54) is 29.5 Å². The number of likely N-dealkylation sites (N-methyl/N-ethyl adjacent to an activating group) is 1. The van der Waals surface area contributed by atoms with E-state index in [0.717, 1.165) is 37.4 Å². The first-order chi connectivity index (χ1) is 12.7. The number of hydrogen-bond acceptors (Lipinski definition) is 3. The fourth-order valence-corrected chi connectivity index (χ4v) is 3.96. The number of nitrogens with one attached hydrogen (secondary N) is 1. The van der Waals surface area contributed by atoms with Crippen LogP contribution in [0.15, 0.2) is 42.5 Å². The lowest BCUT2D eigenvalue weighted by atomic mass is 10.1. The molecule has 0 saturated carbocycles. The molecule has 0 fully saturated rings. The molecule has 1 aliphatic heterocycles. The average Bonchev–Trinajstić information content (AvgIpc) is 3.25. The Hall–Kier alpha value is -2.33. The molecule has 2 aliphatic rings. The van der Waals surface area contributed by atoms with Gasteiger partial charge in [-0.05, 0) is 61.2 Å². The van der Waals surface area contributed by atoms with Crippen LogP contribution in [0.25, 0.3) is 0 Å². The quantitative estimate of drug-likeness (QED) is 0.868. The van der Waals surface area contributed by atoms with E-state index in [0.29, 0.717) is 6.42 Å². The highest BCUT2D eigenvalue weighted by molar-refractivity contribution is 5.91. The average molecular weight is 350 g/mol. The summed E-state index contributed by atoms with van der Waals surface area (Å²) in [7, 11) is 2.05. The highest BCUT2D eigenvalue weighted by Gasteiger charge is 2.23. The molecule has 4 rings (SSSR count). The summed E-state index contributed by atoms with van der Waals surface area (Å²) in [5.74, 6) is 1.07.